The molecule has 0 aromatic heterocycles. The molecule has 1 aromatic carbocycles. The monoisotopic (exact) mass is 216 g/mol. The van der Waals surface area contributed by atoms with E-state index in [4.69, 9.17) is 0 Å². The van der Waals surface area contributed by atoms with Crippen LogP contribution in [0.15, 0.2) is 24.3 Å². The summed E-state index contributed by atoms with van der Waals surface area (Å²) in [4.78, 5) is 2.51. The van der Waals surface area contributed by atoms with Crippen molar-refractivity contribution in [1.82, 2.24) is 10.2 Å². The average molecular weight is 216 g/mol. The van der Waals surface area contributed by atoms with Gasteiger partial charge in [0.25, 0.3) is 0 Å². The van der Waals surface area contributed by atoms with Gasteiger partial charge >= 0.3 is 0 Å². The highest BCUT2D eigenvalue weighted by atomic mass is 15.2. The normalized spacial score (nSPS) is 30.3. The van der Waals surface area contributed by atoms with Gasteiger partial charge in [0.1, 0.15) is 0 Å². The molecular formula is C14H20N2. The van der Waals surface area contributed by atoms with Crippen LogP contribution in [0, 0.1) is 0 Å². The number of fused-ring (bicyclic) bond motifs is 1. The fourth-order valence-electron chi connectivity index (χ4n) is 3.24. The van der Waals surface area contributed by atoms with Crippen LogP contribution in [0.3, 0.4) is 0 Å². The summed E-state index contributed by atoms with van der Waals surface area (Å²) in [5.41, 5.74) is 3.08. The maximum absolute atomic E-state index is 3.71. The lowest BCUT2D eigenvalue weighted by molar-refractivity contribution is 0.241. The molecular weight excluding hydrogens is 196 g/mol. The van der Waals surface area contributed by atoms with E-state index in [1.165, 1.54) is 31.4 Å². The maximum Gasteiger partial charge on any atom is 0.0480 e. The van der Waals surface area contributed by atoms with E-state index in [1.54, 1.807) is 5.56 Å². The van der Waals surface area contributed by atoms with Gasteiger partial charge in [0, 0.05) is 12.1 Å². The number of rotatable bonds is 1. The molecule has 0 bridgehead atoms. The molecule has 0 saturated carbocycles. The quantitative estimate of drug-likeness (QED) is 0.772. The average Bonchev–Trinajstić information content (AvgIpc) is 2.75. The molecule has 86 valence electrons. The maximum atomic E-state index is 3.71. The van der Waals surface area contributed by atoms with Gasteiger partial charge in [-0.15, -0.1) is 0 Å². The van der Waals surface area contributed by atoms with Crippen molar-refractivity contribution in [2.24, 2.45) is 0 Å². The molecule has 2 heteroatoms. The fourth-order valence-corrected chi connectivity index (χ4v) is 3.24. The van der Waals surface area contributed by atoms with Crippen LogP contribution in [-0.2, 0) is 6.42 Å². The zero-order valence-electron chi connectivity index (χ0n) is 9.95. The van der Waals surface area contributed by atoms with E-state index in [2.05, 4.69) is 41.5 Å². The van der Waals surface area contributed by atoms with Gasteiger partial charge in [0.05, 0.1) is 0 Å². The van der Waals surface area contributed by atoms with Gasteiger partial charge in [0.15, 0.2) is 0 Å². The van der Waals surface area contributed by atoms with E-state index >= 15 is 0 Å². The molecule has 3 rings (SSSR count). The van der Waals surface area contributed by atoms with Crippen LogP contribution in [0.4, 0.5) is 0 Å². The predicted octanol–water partition coefficient (Wildman–Crippen LogP) is 1.97. The first-order valence-corrected chi connectivity index (χ1v) is 6.38. The molecule has 0 spiro atoms. The third kappa shape index (κ3) is 1.66. The summed E-state index contributed by atoms with van der Waals surface area (Å²) in [5, 5.41) is 3.71. The van der Waals surface area contributed by atoms with E-state index in [9.17, 15) is 0 Å². The Labute approximate surface area is 97.6 Å². The lowest BCUT2D eigenvalue weighted by Crippen LogP contribution is -2.42. The van der Waals surface area contributed by atoms with Crippen molar-refractivity contribution in [2.45, 2.75) is 31.3 Å². The number of benzene rings is 1. The summed E-state index contributed by atoms with van der Waals surface area (Å²) in [7, 11) is 2.26. The molecule has 1 aromatic rings. The zero-order valence-corrected chi connectivity index (χ0v) is 9.95. The molecule has 16 heavy (non-hydrogen) atoms. The van der Waals surface area contributed by atoms with Crippen molar-refractivity contribution in [1.29, 1.82) is 0 Å². The molecule has 1 saturated heterocycles. The first-order chi connectivity index (χ1) is 7.86. The minimum Gasteiger partial charge on any atom is -0.308 e. The van der Waals surface area contributed by atoms with Crippen molar-refractivity contribution in [2.75, 3.05) is 20.1 Å². The van der Waals surface area contributed by atoms with Crippen molar-refractivity contribution in [3.05, 3.63) is 35.4 Å². The number of nitrogens with one attached hydrogen (secondary N) is 1. The first-order valence-electron chi connectivity index (χ1n) is 6.38. The zero-order chi connectivity index (χ0) is 11.0. The summed E-state index contributed by atoms with van der Waals surface area (Å²) in [6, 6.07) is 10.2. The SMILES string of the molecule is CN1CCC[C@@H]1[C@H]1NCCc2ccccc21. The van der Waals surface area contributed by atoms with Gasteiger partial charge in [-0.05, 0) is 50.5 Å². The Hall–Kier alpha value is -0.860. The minimum absolute atomic E-state index is 0.553. The van der Waals surface area contributed by atoms with Crippen LogP contribution in [-0.4, -0.2) is 31.1 Å². The van der Waals surface area contributed by atoms with Crippen LogP contribution in [0.2, 0.25) is 0 Å². The lowest BCUT2D eigenvalue weighted by atomic mass is 9.89. The molecule has 0 amide bonds. The number of likely N-dealkylation sites (tertiary alicyclic amines) is 1. The van der Waals surface area contributed by atoms with Gasteiger partial charge in [0.2, 0.25) is 0 Å². The van der Waals surface area contributed by atoms with Crippen molar-refractivity contribution in [3.63, 3.8) is 0 Å². The van der Waals surface area contributed by atoms with E-state index in [-0.39, 0.29) is 0 Å². The Morgan fingerprint density at radius 1 is 1.31 bits per heavy atom. The van der Waals surface area contributed by atoms with Crippen molar-refractivity contribution in [3.8, 4) is 0 Å². The molecule has 1 N–H and O–H groups in total. The van der Waals surface area contributed by atoms with E-state index in [1.807, 2.05) is 0 Å². The second kappa shape index (κ2) is 4.19. The number of nitrogens with zero attached hydrogens (tertiary/aromatic N) is 1. The van der Waals surface area contributed by atoms with Crippen LogP contribution in [0.1, 0.15) is 30.0 Å². The Morgan fingerprint density at radius 2 is 2.19 bits per heavy atom. The molecule has 2 aliphatic rings. The smallest absolute Gasteiger partial charge is 0.0480 e. The minimum atomic E-state index is 0.553. The van der Waals surface area contributed by atoms with Gasteiger partial charge < -0.3 is 10.2 Å². The van der Waals surface area contributed by atoms with Gasteiger partial charge in [-0.3, -0.25) is 0 Å². The summed E-state index contributed by atoms with van der Waals surface area (Å²) in [6.07, 6.45) is 3.87. The number of hydrogen-bond donors (Lipinski definition) is 1. The summed E-state index contributed by atoms with van der Waals surface area (Å²) < 4.78 is 0. The molecule has 2 heterocycles. The van der Waals surface area contributed by atoms with Crippen LogP contribution in [0.25, 0.3) is 0 Å². The Balaban J connectivity index is 1.92. The van der Waals surface area contributed by atoms with Crippen molar-refractivity contribution >= 4 is 0 Å². The van der Waals surface area contributed by atoms with E-state index in [0.29, 0.717) is 12.1 Å². The van der Waals surface area contributed by atoms with Gasteiger partial charge in [-0.25, -0.2) is 0 Å². The molecule has 2 aliphatic heterocycles. The van der Waals surface area contributed by atoms with Gasteiger partial charge in [-0.1, -0.05) is 24.3 Å². The van der Waals surface area contributed by atoms with Gasteiger partial charge in [-0.2, -0.15) is 0 Å². The van der Waals surface area contributed by atoms with Crippen LogP contribution >= 0.6 is 0 Å². The molecule has 2 nitrogen and oxygen atoms in total. The number of likely N-dealkylation sites (N-methyl/N-ethyl adjacent to an activating group) is 1. The highest BCUT2D eigenvalue weighted by Crippen LogP contribution is 2.32. The molecule has 0 aliphatic carbocycles. The summed E-state index contributed by atoms with van der Waals surface area (Å²) in [5.74, 6) is 0. The number of hydrogen-bond acceptors (Lipinski definition) is 2. The second-order valence-corrected chi connectivity index (χ2v) is 5.07. The molecule has 2 atom stereocenters. The Bertz CT molecular complexity index is 375. The lowest BCUT2D eigenvalue weighted by Gasteiger charge is -2.34. The fraction of sp³-hybridized carbons (Fsp3) is 0.571. The van der Waals surface area contributed by atoms with Crippen molar-refractivity contribution < 1.29 is 0 Å². The largest absolute Gasteiger partial charge is 0.308 e. The molecule has 0 unspecified atom stereocenters. The third-order valence-electron chi connectivity index (χ3n) is 4.11. The Morgan fingerprint density at radius 3 is 3.00 bits per heavy atom. The highest BCUT2D eigenvalue weighted by molar-refractivity contribution is 5.33. The predicted molar refractivity (Wildman–Crippen MR) is 66.5 cm³/mol. The molecule has 0 radical (unpaired) electrons. The standard InChI is InChI=1S/C14H20N2/c1-16-10-4-7-13(16)14-12-6-3-2-5-11(12)8-9-15-14/h2-3,5-6,13-15H,4,7-10H2,1H3/t13-,14+/m1/s1. The summed E-state index contributed by atoms with van der Waals surface area (Å²) >= 11 is 0. The molecule has 1 fully saturated rings. The van der Waals surface area contributed by atoms with Crippen LogP contribution < -0.4 is 5.32 Å². The Kier molecular flexibility index (Phi) is 2.70. The van der Waals surface area contributed by atoms with E-state index in [0.717, 1.165) is 6.54 Å². The van der Waals surface area contributed by atoms with Crippen LogP contribution in [0.5, 0.6) is 0 Å². The topological polar surface area (TPSA) is 15.3 Å². The van der Waals surface area contributed by atoms with E-state index < -0.39 is 0 Å². The first kappa shape index (κ1) is 10.3. The highest BCUT2D eigenvalue weighted by Gasteiger charge is 2.32. The second-order valence-electron chi connectivity index (χ2n) is 5.07. The third-order valence-corrected chi connectivity index (χ3v) is 4.11. The summed E-state index contributed by atoms with van der Waals surface area (Å²) in [6.45, 7) is 2.39.